The lowest BCUT2D eigenvalue weighted by Gasteiger charge is -2.06. The largest absolute Gasteiger partial charge is 0.354 e. The van der Waals surface area contributed by atoms with Gasteiger partial charge in [-0.25, -0.2) is 8.78 Å². The van der Waals surface area contributed by atoms with Crippen molar-refractivity contribution in [1.82, 2.24) is 10.6 Å². The average Bonchev–Trinajstić information content (AvgIpc) is 2.34. The Morgan fingerprint density at radius 3 is 2.89 bits per heavy atom. The molecule has 0 fully saturated rings. The number of carbonyl (C=O) groups is 1. The van der Waals surface area contributed by atoms with Crippen LogP contribution in [0.3, 0.4) is 0 Å². The lowest BCUT2D eigenvalue weighted by Crippen LogP contribution is -2.34. The van der Waals surface area contributed by atoms with Crippen molar-refractivity contribution in [2.24, 2.45) is 0 Å². The van der Waals surface area contributed by atoms with Gasteiger partial charge in [0.1, 0.15) is 11.6 Å². The summed E-state index contributed by atoms with van der Waals surface area (Å²) in [6, 6.07) is 5.05. The summed E-state index contributed by atoms with van der Waals surface area (Å²) in [5.74, 6) is -1.33. The molecule has 0 saturated heterocycles. The first-order chi connectivity index (χ1) is 8.63. The Kier molecular flexibility index (Phi) is 5.74. The number of halogens is 2. The molecule has 0 aliphatic heterocycles. The van der Waals surface area contributed by atoms with Crippen molar-refractivity contribution < 1.29 is 13.6 Å². The second-order valence-corrected chi connectivity index (χ2v) is 3.60. The van der Waals surface area contributed by atoms with E-state index in [-0.39, 0.29) is 37.5 Å². The number of nitrogens with one attached hydrogen (secondary N) is 2. The van der Waals surface area contributed by atoms with E-state index in [0.717, 1.165) is 18.2 Å². The van der Waals surface area contributed by atoms with Gasteiger partial charge in [0.05, 0.1) is 19.0 Å². The molecule has 0 bridgehead atoms. The third kappa shape index (κ3) is 4.89. The second-order valence-electron chi connectivity index (χ2n) is 3.60. The first-order valence-electron chi connectivity index (χ1n) is 5.42. The molecule has 4 nitrogen and oxygen atoms in total. The SMILES string of the molecule is N#CCCNC(=O)CNCc1cc(F)ccc1F. The molecule has 0 atom stereocenters. The normalized spacial score (nSPS) is 9.83. The summed E-state index contributed by atoms with van der Waals surface area (Å²) in [6.07, 6.45) is 0.240. The van der Waals surface area contributed by atoms with Gasteiger partial charge >= 0.3 is 0 Å². The van der Waals surface area contributed by atoms with Gasteiger partial charge in [-0.05, 0) is 18.2 Å². The maximum absolute atomic E-state index is 13.2. The van der Waals surface area contributed by atoms with Crippen LogP contribution in [0.5, 0.6) is 0 Å². The Morgan fingerprint density at radius 2 is 2.17 bits per heavy atom. The van der Waals surface area contributed by atoms with Crippen molar-refractivity contribution in [3.05, 3.63) is 35.4 Å². The third-order valence-corrected chi connectivity index (χ3v) is 2.17. The number of amides is 1. The van der Waals surface area contributed by atoms with Gasteiger partial charge in [0.25, 0.3) is 0 Å². The highest BCUT2D eigenvalue weighted by atomic mass is 19.1. The highest BCUT2D eigenvalue weighted by Gasteiger charge is 2.05. The summed E-state index contributed by atoms with van der Waals surface area (Å²) < 4.78 is 26.0. The van der Waals surface area contributed by atoms with Gasteiger partial charge in [-0.3, -0.25) is 4.79 Å². The van der Waals surface area contributed by atoms with Crippen LogP contribution in [0.2, 0.25) is 0 Å². The van der Waals surface area contributed by atoms with Crippen LogP contribution in [0.25, 0.3) is 0 Å². The van der Waals surface area contributed by atoms with Crippen molar-refractivity contribution in [2.45, 2.75) is 13.0 Å². The van der Waals surface area contributed by atoms with Gasteiger partial charge < -0.3 is 10.6 Å². The van der Waals surface area contributed by atoms with Gasteiger partial charge in [-0.15, -0.1) is 0 Å². The van der Waals surface area contributed by atoms with Gasteiger partial charge in [-0.1, -0.05) is 0 Å². The van der Waals surface area contributed by atoms with Crippen molar-refractivity contribution in [2.75, 3.05) is 13.1 Å². The number of rotatable bonds is 6. The van der Waals surface area contributed by atoms with E-state index in [1.807, 2.05) is 6.07 Å². The van der Waals surface area contributed by atoms with Gasteiger partial charge in [0, 0.05) is 18.7 Å². The number of benzene rings is 1. The standard InChI is InChI=1S/C12H13F2N3O/c13-10-2-3-11(14)9(6-10)7-16-8-12(18)17-5-1-4-15/h2-3,6,16H,1,5,7-8H2,(H,17,18). The average molecular weight is 253 g/mol. The van der Waals surface area contributed by atoms with Gasteiger partial charge in [0.15, 0.2) is 0 Å². The number of nitrogens with zero attached hydrogens (tertiary/aromatic N) is 1. The minimum absolute atomic E-state index is 0.0125. The van der Waals surface area contributed by atoms with E-state index in [2.05, 4.69) is 10.6 Å². The van der Waals surface area contributed by atoms with Crippen LogP contribution in [0.4, 0.5) is 8.78 Å². The Hall–Kier alpha value is -2.00. The van der Waals surface area contributed by atoms with E-state index in [0.29, 0.717) is 0 Å². The fourth-order valence-corrected chi connectivity index (χ4v) is 1.31. The van der Waals surface area contributed by atoms with Crippen LogP contribution in [-0.4, -0.2) is 19.0 Å². The van der Waals surface area contributed by atoms with Gasteiger partial charge in [-0.2, -0.15) is 5.26 Å². The molecule has 0 heterocycles. The lowest BCUT2D eigenvalue weighted by molar-refractivity contribution is -0.120. The number of hydrogen-bond donors (Lipinski definition) is 2. The predicted octanol–water partition coefficient (Wildman–Crippen LogP) is 1.08. The molecule has 0 radical (unpaired) electrons. The summed E-state index contributed by atoms with van der Waals surface area (Å²) in [6.45, 7) is 0.335. The fourth-order valence-electron chi connectivity index (χ4n) is 1.31. The van der Waals surface area contributed by atoms with Crippen molar-refractivity contribution in [3.63, 3.8) is 0 Å². The number of carbonyl (C=O) groups excluding carboxylic acids is 1. The maximum Gasteiger partial charge on any atom is 0.234 e. The quantitative estimate of drug-likeness (QED) is 0.746. The van der Waals surface area contributed by atoms with Crippen LogP contribution in [0, 0.1) is 23.0 Å². The van der Waals surface area contributed by atoms with E-state index < -0.39 is 11.6 Å². The van der Waals surface area contributed by atoms with E-state index in [1.165, 1.54) is 0 Å². The molecule has 96 valence electrons. The minimum atomic E-state index is -0.522. The maximum atomic E-state index is 13.2. The molecular formula is C12H13F2N3O. The number of hydrogen-bond acceptors (Lipinski definition) is 3. The van der Waals surface area contributed by atoms with Gasteiger partial charge in [0.2, 0.25) is 5.91 Å². The molecule has 18 heavy (non-hydrogen) atoms. The second kappa shape index (κ2) is 7.35. The Bertz CT molecular complexity index is 457. The van der Waals surface area contributed by atoms with E-state index >= 15 is 0 Å². The zero-order valence-corrected chi connectivity index (χ0v) is 9.67. The first-order valence-corrected chi connectivity index (χ1v) is 5.42. The van der Waals surface area contributed by atoms with E-state index in [4.69, 9.17) is 5.26 Å². The van der Waals surface area contributed by atoms with E-state index in [1.54, 1.807) is 0 Å². The highest BCUT2D eigenvalue weighted by Crippen LogP contribution is 2.08. The summed E-state index contributed by atoms with van der Waals surface area (Å²) in [5, 5.41) is 13.5. The van der Waals surface area contributed by atoms with Crippen molar-refractivity contribution >= 4 is 5.91 Å². The Balaban J connectivity index is 2.31. The molecule has 0 aliphatic rings. The zero-order valence-electron chi connectivity index (χ0n) is 9.67. The molecule has 6 heteroatoms. The van der Waals surface area contributed by atoms with E-state index in [9.17, 15) is 13.6 Å². The molecule has 2 N–H and O–H groups in total. The molecule has 1 amide bonds. The van der Waals surface area contributed by atoms with Crippen LogP contribution >= 0.6 is 0 Å². The van der Waals surface area contributed by atoms with Crippen LogP contribution in [0.1, 0.15) is 12.0 Å². The summed E-state index contributed by atoms with van der Waals surface area (Å²) >= 11 is 0. The third-order valence-electron chi connectivity index (χ3n) is 2.17. The molecular weight excluding hydrogens is 240 g/mol. The molecule has 0 aromatic heterocycles. The molecule has 0 spiro atoms. The zero-order chi connectivity index (χ0) is 13.4. The lowest BCUT2D eigenvalue weighted by atomic mass is 10.2. The summed E-state index contributed by atoms with van der Waals surface area (Å²) in [5.41, 5.74) is 0.167. The molecule has 1 rings (SSSR count). The van der Waals surface area contributed by atoms with Crippen LogP contribution < -0.4 is 10.6 Å². The van der Waals surface area contributed by atoms with Crippen LogP contribution in [0.15, 0.2) is 18.2 Å². The summed E-state index contributed by atoms with van der Waals surface area (Å²) in [7, 11) is 0. The Morgan fingerprint density at radius 1 is 1.39 bits per heavy atom. The topological polar surface area (TPSA) is 64.9 Å². The summed E-state index contributed by atoms with van der Waals surface area (Å²) in [4.78, 5) is 11.2. The minimum Gasteiger partial charge on any atom is -0.354 e. The molecule has 1 aromatic rings. The molecule has 0 saturated carbocycles. The van der Waals surface area contributed by atoms with Crippen LogP contribution in [-0.2, 0) is 11.3 Å². The Labute approximate surface area is 104 Å². The molecule has 0 unspecified atom stereocenters. The predicted molar refractivity (Wildman–Crippen MR) is 61.3 cm³/mol. The monoisotopic (exact) mass is 253 g/mol. The molecule has 0 aliphatic carbocycles. The fraction of sp³-hybridized carbons (Fsp3) is 0.333. The first kappa shape index (κ1) is 14.1. The highest BCUT2D eigenvalue weighted by molar-refractivity contribution is 5.77. The molecule has 1 aromatic carbocycles. The van der Waals surface area contributed by atoms with Crippen molar-refractivity contribution in [1.29, 1.82) is 5.26 Å². The van der Waals surface area contributed by atoms with Crippen molar-refractivity contribution in [3.8, 4) is 6.07 Å². The number of nitriles is 1. The smallest absolute Gasteiger partial charge is 0.234 e.